The van der Waals surface area contributed by atoms with E-state index in [0.29, 0.717) is 12.0 Å². The Bertz CT molecular complexity index is 418. The molecule has 1 atom stereocenters. The second-order valence-electron chi connectivity index (χ2n) is 4.15. The minimum atomic E-state index is -0.343. The summed E-state index contributed by atoms with van der Waals surface area (Å²) in [4.78, 5) is 22.9. The Morgan fingerprint density at radius 3 is 2.39 bits per heavy atom. The maximum absolute atomic E-state index is 12.6. The van der Waals surface area contributed by atoms with Gasteiger partial charge in [-0.05, 0) is 24.1 Å². The number of nitrogens with one attached hydrogen (secondary N) is 2. The topological polar surface area (TPSA) is 58.2 Å². The highest BCUT2D eigenvalue weighted by Crippen LogP contribution is 2.03. The molecule has 0 saturated heterocycles. The Balaban J connectivity index is 2.38. The maximum Gasteiger partial charge on any atom is 0.242 e. The molecule has 0 aliphatic carbocycles. The number of hydrogen-bond donors (Lipinski definition) is 2. The first-order chi connectivity index (χ1) is 8.52. The summed E-state index contributed by atoms with van der Waals surface area (Å²) in [5.41, 5.74) is 5.37. The first-order valence-electron chi connectivity index (χ1n) is 5.86. The molecule has 1 aromatic carbocycles. The molecule has 1 aromatic rings. The highest BCUT2D eigenvalue weighted by molar-refractivity contribution is 5.84. The summed E-state index contributed by atoms with van der Waals surface area (Å²) in [7, 11) is 0. The highest BCUT2D eigenvalue weighted by atomic mass is 19.1. The molecule has 1 rings (SSSR count). The van der Waals surface area contributed by atoms with Crippen molar-refractivity contribution >= 4 is 11.8 Å². The largest absolute Gasteiger partial charge is 0.273 e. The van der Waals surface area contributed by atoms with E-state index < -0.39 is 0 Å². The Hall–Kier alpha value is -1.91. The number of benzene rings is 1. The van der Waals surface area contributed by atoms with E-state index in [9.17, 15) is 14.0 Å². The molecular formula is C13H17FN2O2. The molecule has 18 heavy (non-hydrogen) atoms. The van der Waals surface area contributed by atoms with E-state index >= 15 is 0 Å². The molecule has 98 valence electrons. The van der Waals surface area contributed by atoms with Gasteiger partial charge in [0, 0.05) is 5.92 Å². The van der Waals surface area contributed by atoms with E-state index in [1.807, 2.05) is 6.92 Å². The lowest BCUT2D eigenvalue weighted by atomic mass is 10.1. The molecule has 4 nitrogen and oxygen atoms in total. The first kappa shape index (κ1) is 14.2. The zero-order valence-electron chi connectivity index (χ0n) is 10.5. The van der Waals surface area contributed by atoms with Gasteiger partial charge in [-0.15, -0.1) is 0 Å². The number of hydrazine groups is 1. The summed E-state index contributed by atoms with van der Waals surface area (Å²) in [6.45, 7) is 3.67. The van der Waals surface area contributed by atoms with Crippen molar-refractivity contribution in [2.24, 2.45) is 5.92 Å². The summed E-state index contributed by atoms with van der Waals surface area (Å²) in [5.74, 6) is -1.04. The van der Waals surface area contributed by atoms with E-state index in [2.05, 4.69) is 10.9 Å². The molecule has 0 heterocycles. The van der Waals surface area contributed by atoms with Crippen molar-refractivity contribution < 1.29 is 14.0 Å². The zero-order chi connectivity index (χ0) is 13.5. The van der Waals surface area contributed by atoms with Crippen molar-refractivity contribution in [3.05, 3.63) is 35.6 Å². The van der Waals surface area contributed by atoms with Gasteiger partial charge in [-0.25, -0.2) is 4.39 Å². The number of rotatable bonds is 4. The summed E-state index contributed by atoms with van der Waals surface area (Å²) in [6, 6.07) is 5.65. The highest BCUT2D eigenvalue weighted by Gasteiger charge is 2.11. The van der Waals surface area contributed by atoms with Crippen LogP contribution < -0.4 is 10.9 Å². The van der Waals surface area contributed by atoms with Crippen molar-refractivity contribution in [1.82, 2.24) is 10.9 Å². The van der Waals surface area contributed by atoms with E-state index in [1.54, 1.807) is 6.92 Å². The van der Waals surface area contributed by atoms with Crippen LogP contribution in [-0.4, -0.2) is 11.8 Å². The molecule has 0 aromatic heterocycles. The fourth-order valence-corrected chi connectivity index (χ4v) is 1.27. The monoisotopic (exact) mass is 252 g/mol. The predicted molar refractivity (Wildman–Crippen MR) is 65.8 cm³/mol. The lowest BCUT2D eigenvalue weighted by molar-refractivity contribution is -0.130. The second kappa shape index (κ2) is 6.74. The Labute approximate surface area is 106 Å². The third-order valence-electron chi connectivity index (χ3n) is 2.66. The van der Waals surface area contributed by atoms with E-state index in [4.69, 9.17) is 0 Å². The second-order valence-corrected chi connectivity index (χ2v) is 4.15. The van der Waals surface area contributed by atoms with E-state index in [-0.39, 0.29) is 30.0 Å². The number of hydrogen-bond acceptors (Lipinski definition) is 2. The molecule has 2 N–H and O–H groups in total. The maximum atomic E-state index is 12.6. The SMILES string of the molecule is CCC(C)C(=O)NNC(=O)Cc1ccc(F)cc1. The first-order valence-corrected chi connectivity index (χ1v) is 5.86. The van der Waals surface area contributed by atoms with Crippen LogP contribution in [0.5, 0.6) is 0 Å². The third kappa shape index (κ3) is 4.53. The Morgan fingerprint density at radius 2 is 1.83 bits per heavy atom. The van der Waals surface area contributed by atoms with E-state index in [1.165, 1.54) is 24.3 Å². The molecule has 0 spiro atoms. The average Bonchev–Trinajstić information content (AvgIpc) is 2.37. The normalized spacial score (nSPS) is 11.7. The molecule has 0 radical (unpaired) electrons. The summed E-state index contributed by atoms with van der Waals surface area (Å²) in [6.07, 6.45) is 0.806. The fraction of sp³-hybridized carbons (Fsp3) is 0.385. The van der Waals surface area contributed by atoms with Crippen LogP contribution in [0.2, 0.25) is 0 Å². The van der Waals surface area contributed by atoms with Crippen LogP contribution in [0.15, 0.2) is 24.3 Å². The van der Waals surface area contributed by atoms with Gasteiger partial charge in [-0.3, -0.25) is 20.4 Å². The molecule has 0 bridgehead atoms. The molecule has 0 fully saturated rings. The molecular weight excluding hydrogens is 235 g/mol. The molecule has 0 aliphatic heterocycles. The van der Waals surface area contributed by atoms with Crippen LogP contribution in [0.25, 0.3) is 0 Å². The molecule has 0 saturated carbocycles. The lowest BCUT2D eigenvalue weighted by Crippen LogP contribution is -2.44. The Morgan fingerprint density at radius 1 is 1.22 bits per heavy atom. The van der Waals surface area contributed by atoms with Gasteiger partial charge in [0.05, 0.1) is 6.42 Å². The fourth-order valence-electron chi connectivity index (χ4n) is 1.27. The van der Waals surface area contributed by atoms with Gasteiger partial charge in [0.2, 0.25) is 11.8 Å². The summed E-state index contributed by atoms with van der Waals surface area (Å²) in [5, 5.41) is 0. The third-order valence-corrected chi connectivity index (χ3v) is 2.66. The Kier molecular flexibility index (Phi) is 5.30. The standard InChI is InChI=1S/C13H17FN2O2/c1-3-9(2)13(18)16-15-12(17)8-10-4-6-11(14)7-5-10/h4-7,9H,3,8H2,1-2H3,(H,15,17)(H,16,18). The van der Waals surface area contributed by atoms with E-state index in [0.717, 1.165) is 0 Å². The molecule has 1 unspecified atom stereocenters. The van der Waals surface area contributed by atoms with Crippen molar-refractivity contribution in [3.63, 3.8) is 0 Å². The van der Waals surface area contributed by atoms with Crippen LogP contribution in [0.4, 0.5) is 4.39 Å². The van der Waals surface area contributed by atoms with Crippen molar-refractivity contribution in [2.75, 3.05) is 0 Å². The molecule has 2 amide bonds. The van der Waals surface area contributed by atoms with Crippen LogP contribution in [0.3, 0.4) is 0 Å². The zero-order valence-corrected chi connectivity index (χ0v) is 10.5. The number of carbonyl (C=O) groups is 2. The molecule has 0 aliphatic rings. The van der Waals surface area contributed by atoms with Crippen LogP contribution >= 0.6 is 0 Å². The van der Waals surface area contributed by atoms with Gasteiger partial charge in [0.15, 0.2) is 0 Å². The van der Waals surface area contributed by atoms with Crippen molar-refractivity contribution in [2.45, 2.75) is 26.7 Å². The number of halogens is 1. The summed E-state index contributed by atoms with van der Waals surface area (Å²) < 4.78 is 12.6. The van der Waals surface area contributed by atoms with Gasteiger partial charge >= 0.3 is 0 Å². The van der Waals surface area contributed by atoms with Gasteiger partial charge in [-0.2, -0.15) is 0 Å². The minimum absolute atomic E-state index is 0.0983. The van der Waals surface area contributed by atoms with Gasteiger partial charge < -0.3 is 0 Å². The quantitative estimate of drug-likeness (QED) is 0.799. The van der Waals surface area contributed by atoms with Gasteiger partial charge in [0.1, 0.15) is 5.82 Å². The van der Waals surface area contributed by atoms with Crippen LogP contribution in [-0.2, 0) is 16.0 Å². The van der Waals surface area contributed by atoms with Gasteiger partial charge in [-0.1, -0.05) is 26.0 Å². The number of carbonyl (C=O) groups excluding carboxylic acids is 2. The van der Waals surface area contributed by atoms with Crippen LogP contribution in [0, 0.1) is 11.7 Å². The average molecular weight is 252 g/mol. The predicted octanol–water partition coefficient (Wildman–Crippen LogP) is 1.56. The van der Waals surface area contributed by atoms with Crippen LogP contribution in [0.1, 0.15) is 25.8 Å². The smallest absolute Gasteiger partial charge is 0.242 e. The molecule has 5 heteroatoms. The lowest BCUT2D eigenvalue weighted by Gasteiger charge is -2.11. The van der Waals surface area contributed by atoms with Gasteiger partial charge in [0.25, 0.3) is 0 Å². The minimum Gasteiger partial charge on any atom is -0.273 e. The van der Waals surface area contributed by atoms with Crippen molar-refractivity contribution in [3.8, 4) is 0 Å². The number of amides is 2. The van der Waals surface area contributed by atoms with Crippen molar-refractivity contribution in [1.29, 1.82) is 0 Å². The summed E-state index contributed by atoms with van der Waals surface area (Å²) >= 11 is 0.